The van der Waals surface area contributed by atoms with Gasteiger partial charge in [-0.15, -0.1) is 0 Å². The third-order valence-electron chi connectivity index (χ3n) is 2.32. The van der Waals surface area contributed by atoms with E-state index in [4.69, 9.17) is 11.6 Å². The van der Waals surface area contributed by atoms with Gasteiger partial charge in [0.2, 0.25) is 0 Å². The third kappa shape index (κ3) is 1.80. The molecule has 2 aromatic rings. The van der Waals surface area contributed by atoms with Crippen molar-refractivity contribution in [3.05, 3.63) is 41.4 Å². The summed E-state index contributed by atoms with van der Waals surface area (Å²) in [5.74, 6) is 0. The van der Waals surface area contributed by atoms with E-state index >= 15 is 0 Å². The van der Waals surface area contributed by atoms with Gasteiger partial charge in [-0.1, -0.05) is 35.9 Å². The molecule has 0 saturated heterocycles. The fraction of sp³-hybridized carbons (Fsp3) is 0.0909. The first-order valence-corrected chi connectivity index (χ1v) is 6.33. The molecule has 2 rings (SSSR count). The van der Waals surface area contributed by atoms with Crippen molar-refractivity contribution >= 4 is 32.5 Å². The Balaban J connectivity index is 2.88. The molecule has 0 heterocycles. The molecule has 3 nitrogen and oxygen atoms in total. The summed E-state index contributed by atoms with van der Waals surface area (Å²) in [5, 5.41) is 1.78. The summed E-state index contributed by atoms with van der Waals surface area (Å²) in [6.45, 7) is 0. The van der Waals surface area contributed by atoms with E-state index in [2.05, 4.69) is 4.18 Å². The lowest BCUT2D eigenvalue weighted by molar-refractivity contribution is 0.398. The van der Waals surface area contributed by atoms with Gasteiger partial charge < -0.3 is 0 Å². The van der Waals surface area contributed by atoms with Crippen molar-refractivity contribution in [2.45, 2.75) is 4.90 Å². The van der Waals surface area contributed by atoms with Crippen molar-refractivity contribution in [2.75, 3.05) is 7.11 Å². The average molecular weight is 257 g/mol. The van der Waals surface area contributed by atoms with Crippen molar-refractivity contribution < 1.29 is 12.6 Å². The number of fused-ring (bicyclic) bond motifs is 1. The van der Waals surface area contributed by atoms with Gasteiger partial charge in [0.1, 0.15) is 4.90 Å². The summed E-state index contributed by atoms with van der Waals surface area (Å²) in [5.41, 5.74) is 0. The Bertz CT molecular complexity index is 635. The first-order chi connectivity index (χ1) is 7.56. The lowest BCUT2D eigenvalue weighted by atomic mass is 10.1. The summed E-state index contributed by atoms with van der Waals surface area (Å²) < 4.78 is 27.8. The van der Waals surface area contributed by atoms with E-state index in [0.29, 0.717) is 15.8 Å². The molecule has 0 N–H and O–H groups in total. The topological polar surface area (TPSA) is 43.4 Å². The van der Waals surface area contributed by atoms with E-state index in [-0.39, 0.29) is 4.90 Å². The Kier molecular flexibility index (Phi) is 2.88. The fourth-order valence-corrected chi connectivity index (χ4v) is 2.66. The van der Waals surface area contributed by atoms with Crippen LogP contribution >= 0.6 is 11.6 Å². The molecule has 0 aliphatic heterocycles. The van der Waals surface area contributed by atoms with Crippen LogP contribution < -0.4 is 0 Å². The van der Waals surface area contributed by atoms with Gasteiger partial charge >= 0.3 is 0 Å². The Morgan fingerprint density at radius 2 is 1.69 bits per heavy atom. The van der Waals surface area contributed by atoms with Crippen LogP contribution in [0.15, 0.2) is 41.3 Å². The van der Waals surface area contributed by atoms with Crippen LogP contribution in [0.3, 0.4) is 0 Å². The van der Waals surface area contributed by atoms with Gasteiger partial charge in [-0.25, -0.2) is 0 Å². The summed E-state index contributed by atoms with van der Waals surface area (Å²) in [6.07, 6.45) is 0. The molecular formula is C11H9ClO3S. The summed E-state index contributed by atoms with van der Waals surface area (Å²) in [4.78, 5) is 0.134. The molecule has 0 saturated carbocycles. The van der Waals surface area contributed by atoms with Crippen LogP contribution in [0.5, 0.6) is 0 Å². The SMILES string of the molecule is COS(=O)(=O)c1cccc2c(Cl)cccc12. The zero-order valence-electron chi connectivity index (χ0n) is 8.48. The van der Waals surface area contributed by atoms with Gasteiger partial charge in [0.05, 0.1) is 7.11 Å². The molecule has 0 unspecified atom stereocenters. The van der Waals surface area contributed by atoms with Crippen molar-refractivity contribution in [1.82, 2.24) is 0 Å². The number of hydrogen-bond donors (Lipinski definition) is 0. The average Bonchev–Trinajstić information content (AvgIpc) is 2.29. The maximum absolute atomic E-state index is 11.7. The molecular weight excluding hydrogens is 248 g/mol. The van der Waals surface area contributed by atoms with Gasteiger partial charge in [-0.05, 0) is 12.1 Å². The molecule has 16 heavy (non-hydrogen) atoms. The Hall–Kier alpha value is -1.10. The minimum absolute atomic E-state index is 0.134. The van der Waals surface area contributed by atoms with E-state index in [9.17, 15) is 8.42 Å². The van der Waals surface area contributed by atoms with Crippen LogP contribution in [0, 0.1) is 0 Å². The van der Waals surface area contributed by atoms with Gasteiger partial charge in [0.15, 0.2) is 0 Å². The highest BCUT2D eigenvalue weighted by molar-refractivity contribution is 7.87. The molecule has 0 radical (unpaired) electrons. The molecule has 2 aromatic carbocycles. The second kappa shape index (κ2) is 4.05. The van der Waals surface area contributed by atoms with Crippen molar-refractivity contribution in [3.8, 4) is 0 Å². The molecule has 0 atom stereocenters. The first-order valence-electron chi connectivity index (χ1n) is 4.54. The Morgan fingerprint density at radius 3 is 2.38 bits per heavy atom. The summed E-state index contributed by atoms with van der Waals surface area (Å²) >= 11 is 5.99. The number of benzene rings is 2. The smallest absolute Gasteiger partial charge is 0.270 e. The van der Waals surface area contributed by atoms with Gasteiger partial charge in [0.25, 0.3) is 10.1 Å². The van der Waals surface area contributed by atoms with Crippen LogP contribution in [0.2, 0.25) is 5.02 Å². The zero-order valence-corrected chi connectivity index (χ0v) is 10.0. The molecule has 0 amide bonds. The second-order valence-electron chi connectivity index (χ2n) is 3.21. The third-order valence-corrected chi connectivity index (χ3v) is 3.98. The molecule has 0 spiro atoms. The van der Waals surface area contributed by atoms with Gasteiger partial charge in [-0.2, -0.15) is 8.42 Å². The van der Waals surface area contributed by atoms with Crippen LogP contribution in [-0.2, 0) is 14.3 Å². The van der Waals surface area contributed by atoms with Crippen LogP contribution in [0.4, 0.5) is 0 Å². The second-order valence-corrected chi connectivity index (χ2v) is 5.30. The molecule has 0 aliphatic carbocycles. The number of rotatable bonds is 2. The zero-order chi connectivity index (χ0) is 11.8. The minimum Gasteiger partial charge on any atom is -0.270 e. The highest BCUT2D eigenvalue weighted by Crippen LogP contribution is 2.28. The summed E-state index contributed by atoms with van der Waals surface area (Å²) in [6, 6.07) is 10.0. The van der Waals surface area contributed by atoms with E-state index in [1.807, 2.05) is 0 Å². The Labute approximate surface area is 98.7 Å². The van der Waals surface area contributed by atoms with Crippen LogP contribution in [-0.4, -0.2) is 15.5 Å². The maximum Gasteiger partial charge on any atom is 0.297 e. The fourth-order valence-electron chi connectivity index (χ4n) is 1.55. The largest absolute Gasteiger partial charge is 0.297 e. The summed E-state index contributed by atoms with van der Waals surface area (Å²) in [7, 11) is -2.56. The lowest BCUT2D eigenvalue weighted by Gasteiger charge is -2.06. The maximum atomic E-state index is 11.7. The van der Waals surface area contributed by atoms with E-state index in [1.54, 1.807) is 30.3 Å². The highest BCUT2D eigenvalue weighted by Gasteiger charge is 2.16. The quantitative estimate of drug-likeness (QED) is 0.776. The van der Waals surface area contributed by atoms with Crippen LogP contribution in [0.25, 0.3) is 10.8 Å². The van der Waals surface area contributed by atoms with Crippen molar-refractivity contribution in [2.24, 2.45) is 0 Å². The normalized spacial score (nSPS) is 11.9. The van der Waals surface area contributed by atoms with E-state index in [1.165, 1.54) is 6.07 Å². The molecule has 0 aliphatic rings. The standard InChI is InChI=1S/C11H9ClO3S/c1-15-16(13,14)11-7-3-4-8-9(11)5-2-6-10(8)12/h2-7H,1H3. The van der Waals surface area contributed by atoms with E-state index in [0.717, 1.165) is 7.11 Å². The first kappa shape index (κ1) is 11.4. The van der Waals surface area contributed by atoms with Gasteiger partial charge in [-0.3, -0.25) is 4.18 Å². The predicted octanol–water partition coefficient (Wildman–Crippen LogP) is 2.83. The highest BCUT2D eigenvalue weighted by atomic mass is 35.5. The molecule has 84 valence electrons. The molecule has 0 aromatic heterocycles. The minimum atomic E-state index is -3.70. The Morgan fingerprint density at radius 1 is 1.06 bits per heavy atom. The molecule has 0 bridgehead atoms. The van der Waals surface area contributed by atoms with Crippen molar-refractivity contribution in [1.29, 1.82) is 0 Å². The molecule has 5 heteroatoms. The number of halogens is 1. The lowest BCUT2D eigenvalue weighted by Crippen LogP contribution is -2.03. The monoisotopic (exact) mass is 256 g/mol. The number of hydrogen-bond acceptors (Lipinski definition) is 3. The van der Waals surface area contributed by atoms with E-state index < -0.39 is 10.1 Å². The predicted molar refractivity (Wildman–Crippen MR) is 63.2 cm³/mol. The molecule has 0 fully saturated rings. The van der Waals surface area contributed by atoms with Gasteiger partial charge in [0, 0.05) is 15.8 Å². The van der Waals surface area contributed by atoms with Crippen molar-refractivity contribution in [3.63, 3.8) is 0 Å². The van der Waals surface area contributed by atoms with Crippen LogP contribution in [0.1, 0.15) is 0 Å².